The Morgan fingerprint density at radius 1 is 0.682 bits per heavy atom. The molecule has 0 saturated heterocycles. The molecule has 0 aliphatic rings. The van der Waals surface area contributed by atoms with Gasteiger partial charge in [-0.25, -0.2) is 9.97 Å². The fourth-order valence-electron chi connectivity index (χ4n) is 2.74. The number of hydrogen-bond donors (Lipinski definition) is 0. The van der Waals surface area contributed by atoms with Crippen molar-refractivity contribution in [2.45, 2.75) is 0 Å². The summed E-state index contributed by atoms with van der Waals surface area (Å²) in [5.74, 6) is 0. The lowest BCUT2D eigenvalue weighted by molar-refractivity contribution is 1.36. The zero-order chi connectivity index (χ0) is 18.0. The molecule has 0 saturated carbocycles. The first-order valence-corrected chi connectivity index (χ1v) is 6.77. The Hall–Kier alpha value is -3.14. The Morgan fingerprint density at radius 3 is 1.68 bits per heavy atom. The molecule has 0 atom stereocenters. The maximum Gasteiger partial charge on any atom is 0.0996 e. The molecule has 4 nitrogen and oxygen atoms in total. The van der Waals surface area contributed by atoms with Crippen LogP contribution < -0.4 is 0 Å². The van der Waals surface area contributed by atoms with Crippen molar-refractivity contribution in [1.82, 2.24) is 19.9 Å². The van der Waals surface area contributed by atoms with Crippen molar-refractivity contribution in [2.24, 2.45) is 0 Å². The number of aromatic nitrogens is 4. The molecule has 0 bridgehead atoms. The van der Waals surface area contributed by atoms with Crippen LogP contribution in [0.15, 0.2) is 60.8 Å². The van der Waals surface area contributed by atoms with Crippen LogP contribution in [0.2, 0.25) is 0 Å². The first-order chi connectivity index (χ1) is 12.6. The third-order valence-corrected chi connectivity index (χ3v) is 3.67. The van der Waals surface area contributed by atoms with Gasteiger partial charge in [0.05, 0.1) is 38.6 Å². The van der Waals surface area contributed by atoms with Crippen molar-refractivity contribution in [3.05, 3.63) is 60.8 Å². The van der Waals surface area contributed by atoms with Crippen molar-refractivity contribution >= 4 is 43.9 Å². The fraction of sp³-hybridized carbons (Fsp3) is 0. The predicted octanol–water partition coefficient (Wildman–Crippen LogP) is 3.88. The van der Waals surface area contributed by atoms with Gasteiger partial charge in [0.25, 0.3) is 0 Å². The lowest BCUT2D eigenvalue weighted by Gasteiger charge is -2.08. The van der Waals surface area contributed by atoms with Gasteiger partial charge in [0.2, 0.25) is 0 Å². The van der Waals surface area contributed by atoms with Crippen LogP contribution in [0.5, 0.6) is 0 Å². The summed E-state index contributed by atoms with van der Waals surface area (Å²) in [4.78, 5) is 18.0. The molecule has 0 radical (unpaired) electrons. The Bertz CT molecular complexity index is 1280. The molecule has 0 amide bonds. The molecule has 0 spiro atoms. The minimum Gasteiger partial charge on any atom is -0.254 e. The number of hydrogen-bond acceptors (Lipinski definition) is 4. The third-order valence-electron chi connectivity index (χ3n) is 3.67. The maximum atomic E-state index is 8.15. The first-order valence-electron chi connectivity index (χ1n) is 8.77. The van der Waals surface area contributed by atoms with Crippen molar-refractivity contribution in [3.8, 4) is 0 Å². The van der Waals surface area contributed by atoms with E-state index in [2.05, 4.69) is 19.9 Å². The van der Waals surface area contributed by atoms with E-state index in [9.17, 15) is 0 Å². The van der Waals surface area contributed by atoms with Gasteiger partial charge in [0.1, 0.15) is 0 Å². The van der Waals surface area contributed by atoms with Gasteiger partial charge >= 0.3 is 0 Å². The van der Waals surface area contributed by atoms with Crippen molar-refractivity contribution in [1.29, 1.82) is 0 Å². The average Bonchev–Trinajstić information content (AvgIpc) is 2.70. The molecule has 5 rings (SSSR count). The first kappa shape index (κ1) is 8.34. The predicted molar refractivity (Wildman–Crippen MR) is 87.6 cm³/mol. The van der Waals surface area contributed by atoms with E-state index in [0.717, 1.165) is 10.8 Å². The van der Waals surface area contributed by atoms with E-state index in [1.54, 1.807) is 24.5 Å². The van der Waals surface area contributed by atoms with E-state index in [1.165, 1.54) is 0 Å². The second kappa shape index (κ2) is 4.18. The molecular weight excluding hydrogens is 272 g/mol. The van der Waals surface area contributed by atoms with Gasteiger partial charge in [-0.2, -0.15) is 0 Å². The summed E-state index contributed by atoms with van der Waals surface area (Å²) in [6, 6.07) is 6.29. The molecule has 5 aromatic rings. The molecule has 0 N–H and O–H groups in total. The van der Waals surface area contributed by atoms with Gasteiger partial charge in [-0.1, -0.05) is 12.1 Å². The van der Waals surface area contributed by atoms with Crippen molar-refractivity contribution < 1.29 is 5.48 Å². The van der Waals surface area contributed by atoms with Crippen LogP contribution in [0, 0.1) is 0 Å². The summed E-state index contributed by atoms with van der Waals surface area (Å²) >= 11 is 0. The molecule has 22 heavy (non-hydrogen) atoms. The van der Waals surface area contributed by atoms with Crippen molar-refractivity contribution in [2.75, 3.05) is 0 Å². The Labute approximate surface area is 131 Å². The van der Waals surface area contributed by atoms with Gasteiger partial charge in [-0.05, 0) is 36.4 Å². The van der Waals surface area contributed by atoms with E-state index in [0.29, 0.717) is 22.1 Å². The highest BCUT2D eigenvalue weighted by atomic mass is 14.8. The number of rotatable bonds is 0. The molecule has 2 aromatic carbocycles. The van der Waals surface area contributed by atoms with E-state index in [1.807, 2.05) is 12.1 Å². The number of pyridine rings is 2. The summed E-state index contributed by atoms with van der Waals surface area (Å²) in [5, 5.41) is 1.49. The maximum absolute atomic E-state index is 8.15. The van der Waals surface area contributed by atoms with Gasteiger partial charge in [-0.15, -0.1) is 0 Å². The van der Waals surface area contributed by atoms with Crippen LogP contribution in [-0.4, -0.2) is 19.9 Å². The average molecular weight is 286 g/mol. The minimum absolute atomic E-state index is 0.150. The van der Waals surface area contributed by atoms with E-state index in [4.69, 9.17) is 5.48 Å². The normalized spacial score (nSPS) is 14.2. The second-order valence-corrected chi connectivity index (χ2v) is 4.92. The van der Waals surface area contributed by atoms with E-state index >= 15 is 0 Å². The molecule has 3 heterocycles. The van der Waals surface area contributed by atoms with Crippen molar-refractivity contribution in [3.63, 3.8) is 0 Å². The van der Waals surface area contributed by atoms with Gasteiger partial charge in [-0.3, -0.25) is 9.97 Å². The van der Waals surface area contributed by atoms with Crippen LogP contribution in [0.3, 0.4) is 0 Å². The Morgan fingerprint density at radius 2 is 1.18 bits per heavy atom. The standard InChI is InChI=1S/C18H10N4/c1-2-8-14-13(7-1)21-17-11-5-3-9-19-15(11)16-12(18(17)22-14)6-4-10-20-16/h1-10H/i1D,2D,7D,8D. The number of para-hydroxylation sites is 2. The lowest BCUT2D eigenvalue weighted by atomic mass is 10.1. The second-order valence-electron chi connectivity index (χ2n) is 4.92. The zero-order valence-corrected chi connectivity index (χ0v) is 11.3. The van der Waals surface area contributed by atoms with Crippen LogP contribution in [0.25, 0.3) is 43.9 Å². The molecule has 102 valence electrons. The largest absolute Gasteiger partial charge is 0.254 e. The molecule has 4 heteroatoms. The summed E-state index contributed by atoms with van der Waals surface area (Å²) in [5.41, 5.74) is 2.77. The molecule has 0 fully saturated rings. The number of fused-ring (bicyclic) bond motifs is 7. The summed E-state index contributed by atoms with van der Waals surface area (Å²) in [6.45, 7) is 0. The molecule has 3 aromatic heterocycles. The highest BCUT2D eigenvalue weighted by Gasteiger charge is 2.12. The fourth-order valence-corrected chi connectivity index (χ4v) is 2.74. The van der Waals surface area contributed by atoms with Gasteiger partial charge in [0.15, 0.2) is 0 Å². The summed E-state index contributed by atoms with van der Waals surface area (Å²) in [7, 11) is 0. The Kier molecular flexibility index (Phi) is 1.58. The number of benzene rings is 2. The lowest BCUT2D eigenvalue weighted by Crippen LogP contribution is -1.93. The SMILES string of the molecule is [2H]c1c([2H])c([2H])c2nc3c4cccnc4c4ncccc4c3nc2c1[2H]. The molecule has 0 unspecified atom stereocenters. The highest BCUT2D eigenvalue weighted by molar-refractivity contribution is 6.21. The molecule has 0 aliphatic carbocycles. The van der Waals surface area contributed by atoms with Crippen LogP contribution in [-0.2, 0) is 0 Å². The van der Waals surface area contributed by atoms with Crippen LogP contribution >= 0.6 is 0 Å². The monoisotopic (exact) mass is 286 g/mol. The third kappa shape index (κ3) is 1.46. The van der Waals surface area contributed by atoms with E-state index in [-0.39, 0.29) is 35.2 Å². The van der Waals surface area contributed by atoms with Crippen LogP contribution in [0.1, 0.15) is 5.48 Å². The summed E-state index contributed by atoms with van der Waals surface area (Å²) < 4.78 is 32.1. The quantitative estimate of drug-likeness (QED) is 0.320. The minimum atomic E-state index is -0.318. The number of nitrogens with zero attached hydrogens (tertiary/aromatic N) is 4. The molecular formula is C18H10N4. The van der Waals surface area contributed by atoms with Gasteiger partial charge < -0.3 is 0 Å². The topological polar surface area (TPSA) is 51.6 Å². The Balaban J connectivity index is 2.15. The summed E-state index contributed by atoms with van der Waals surface area (Å²) in [6.07, 6.45) is 3.37. The smallest absolute Gasteiger partial charge is 0.0996 e. The van der Waals surface area contributed by atoms with Crippen LogP contribution in [0.4, 0.5) is 0 Å². The molecule has 0 aliphatic heterocycles. The van der Waals surface area contributed by atoms with Gasteiger partial charge in [0, 0.05) is 23.2 Å². The zero-order valence-electron chi connectivity index (χ0n) is 15.3. The highest BCUT2D eigenvalue weighted by Crippen LogP contribution is 2.31. The van der Waals surface area contributed by atoms with E-state index < -0.39 is 0 Å².